The molecule has 0 N–H and O–H groups in total. The fourth-order valence-electron chi connectivity index (χ4n) is 0.989. The molecule has 0 heterocycles. The van der Waals surface area contributed by atoms with Gasteiger partial charge in [-0.2, -0.15) is 8.42 Å². The lowest BCUT2D eigenvalue weighted by Gasteiger charge is -2.15. The number of hydrogen-bond acceptors (Lipinski definition) is 2. The zero-order valence-electron chi connectivity index (χ0n) is 8.32. The molecule has 7 heteroatoms. The highest BCUT2D eigenvalue weighted by molar-refractivity contribution is 7.91. The van der Waals surface area contributed by atoms with E-state index in [2.05, 4.69) is 9.43 Å². The van der Waals surface area contributed by atoms with Crippen LogP contribution in [0.2, 0.25) is 0 Å². The van der Waals surface area contributed by atoms with Crippen LogP contribution < -0.4 is 4.31 Å². The van der Waals surface area contributed by atoms with E-state index < -0.39 is 10.2 Å². The Bertz CT molecular complexity index is 488. The van der Waals surface area contributed by atoms with Crippen LogP contribution in [0.4, 0.5) is 5.69 Å². The van der Waals surface area contributed by atoms with Gasteiger partial charge in [-0.3, -0.25) is 4.31 Å². The number of azide groups is 1. The van der Waals surface area contributed by atoms with Crippen LogP contribution in [0.5, 0.6) is 0 Å². The van der Waals surface area contributed by atoms with Gasteiger partial charge < -0.3 is 0 Å². The predicted octanol–water partition coefficient (Wildman–Crippen LogP) is 1.99. The highest BCUT2D eigenvalue weighted by Gasteiger charge is 2.15. The van der Waals surface area contributed by atoms with Gasteiger partial charge in [0.05, 0.1) is 10.2 Å². The zero-order chi connectivity index (χ0) is 11.5. The maximum atomic E-state index is 11.3. The van der Waals surface area contributed by atoms with Crippen molar-refractivity contribution in [2.24, 2.45) is 4.52 Å². The molecule has 80 valence electrons. The first kappa shape index (κ1) is 11.4. The van der Waals surface area contributed by atoms with Crippen molar-refractivity contribution in [1.82, 2.24) is 0 Å². The van der Waals surface area contributed by atoms with Gasteiger partial charge in [-0.25, -0.2) is 0 Å². The topological polar surface area (TPSA) is 86.1 Å². The molecule has 0 amide bonds. The van der Waals surface area contributed by atoms with E-state index in [1.165, 1.54) is 7.05 Å². The molecule has 15 heavy (non-hydrogen) atoms. The standard InChI is InChI=1S/C8H10N4O2S/c1-7-3-5-8(6-4-7)12(2)15(13,14)11-10-9/h3-6H,1-2H3. The summed E-state index contributed by atoms with van der Waals surface area (Å²) in [4.78, 5) is 2.27. The molecule has 1 rings (SSSR count). The van der Waals surface area contributed by atoms with E-state index in [9.17, 15) is 8.42 Å². The summed E-state index contributed by atoms with van der Waals surface area (Å²) in [7, 11) is -2.61. The smallest absolute Gasteiger partial charge is 0.267 e. The van der Waals surface area contributed by atoms with Crippen molar-refractivity contribution >= 4 is 15.9 Å². The zero-order valence-corrected chi connectivity index (χ0v) is 9.14. The minimum atomic E-state index is -3.93. The van der Waals surface area contributed by atoms with E-state index >= 15 is 0 Å². The van der Waals surface area contributed by atoms with Crippen LogP contribution in [-0.2, 0) is 10.2 Å². The van der Waals surface area contributed by atoms with Gasteiger partial charge in [0.1, 0.15) is 0 Å². The van der Waals surface area contributed by atoms with Crippen LogP contribution in [0.1, 0.15) is 5.56 Å². The Hall–Kier alpha value is -1.72. The summed E-state index contributed by atoms with van der Waals surface area (Å²) in [6.07, 6.45) is 0. The average molecular weight is 226 g/mol. The van der Waals surface area contributed by atoms with E-state index in [1.54, 1.807) is 24.3 Å². The summed E-state index contributed by atoms with van der Waals surface area (Å²) in [6.45, 7) is 1.89. The molecule has 1 aromatic carbocycles. The highest BCUT2D eigenvalue weighted by Crippen LogP contribution is 2.17. The molecule has 0 radical (unpaired) electrons. The SMILES string of the molecule is Cc1ccc(N(C)S(=O)(=O)N=[N+]=[N-])cc1. The lowest BCUT2D eigenvalue weighted by Crippen LogP contribution is -2.23. The molecule has 0 unspecified atom stereocenters. The van der Waals surface area contributed by atoms with Crippen LogP contribution in [0, 0.1) is 6.92 Å². The molecule has 0 aromatic heterocycles. The number of nitrogens with zero attached hydrogens (tertiary/aromatic N) is 4. The number of rotatable bonds is 3. The number of anilines is 1. The largest absolute Gasteiger partial charge is 0.324 e. The molecule has 6 nitrogen and oxygen atoms in total. The normalized spacial score (nSPS) is 10.5. The Balaban J connectivity index is 3.10. The quantitative estimate of drug-likeness (QED) is 0.448. The molecule has 0 saturated heterocycles. The summed E-state index contributed by atoms with van der Waals surface area (Å²) in [5.74, 6) is 0. The molecule has 0 aliphatic rings. The van der Waals surface area contributed by atoms with E-state index in [-0.39, 0.29) is 0 Å². The molecule has 1 aromatic rings. The highest BCUT2D eigenvalue weighted by atomic mass is 32.2. The van der Waals surface area contributed by atoms with Crippen molar-refractivity contribution in [3.8, 4) is 0 Å². The second kappa shape index (κ2) is 4.20. The Morgan fingerprint density at radius 3 is 2.33 bits per heavy atom. The van der Waals surface area contributed by atoms with E-state index in [0.717, 1.165) is 9.87 Å². The van der Waals surface area contributed by atoms with Crippen LogP contribution in [0.3, 0.4) is 0 Å². The van der Waals surface area contributed by atoms with Crippen LogP contribution in [0.15, 0.2) is 28.8 Å². The first-order chi connectivity index (χ1) is 6.97. The average Bonchev–Trinajstić information content (AvgIpc) is 2.18. The van der Waals surface area contributed by atoms with Crippen molar-refractivity contribution in [3.05, 3.63) is 40.3 Å². The van der Waals surface area contributed by atoms with Gasteiger partial charge in [0.2, 0.25) is 0 Å². The minimum Gasteiger partial charge on any atom is -0.267 e. The monoisotopic (exact) mass is 226 g/mol. The summed E-state index contributed by atoms with van der Waals surface area (Å²) in [6, 6.07) is 6.83. The Morgan fingerprint density at radius 2 is 1.87 bits per heavy atom. The van der Waals surface area contributed by atoms with Crippen molar-refractivity contribution in [3.63, 3.8) is 0 Å². The molecule has 0 atom stereocenters. The third-order valence-corrected chi connectivity index (χ3v) is 3.07. The Morgan fingerprint density at radius 1 is 1.33 bits per heavy atom. The van der Waals surface area contributed by atoms with E-state index in [4.69, 9.17) is 5.53 Å². The van der Waals surface area contributed by atoms with Crippen molar-refractivity contribution < 1.29 is 8.42 Å². The van der Waals surface area contributed by atoms with Crippen LogP contribution in [0.25, 0.3) is 10.4 Å². The van der Waals surface area contributed by atoms with Gasteiger partial charge in [-0.1, -0.05) is 17.7 Å². The summed E-state index contributed by atoms with van der Waals surface area (Å²) in [5, 5.41) is 0. The molecule has 0 saturated carbocycles. The molecular formula is C8H10N4O2S. The van der Waals surface area contributed by atoms with Gasteiger partial charge in [-0.05, 0) is 24.6 Å². The molecule has 0 aliphatic carbocycles. The second-order valence-corrected chi connectivity index (χ2v) is 4.56. The van der Waals surface area contributed by atoms with Crippen molar-refractivity contribution in [2.75, 3.05) is 11.4 Å². The lowest BCUT2D eigenvalue weighted by atomic mass is 10.2. The number of benzene rings is 1. The number of hydrogen-bond donors (Lipinski definition) is 0. The molecule has 0 spiro atoms. The summed E-state index contributed by atoms with van der Waals surface area (Å²) < 4.78 is 26.3. The van der Waals surface area contributed by atoms with E-state index in [1.807, 2.05) is 6.92 Å². The summed E-state index contributed by atoms with van der Waals surface area (Å²) in [5.41, 5.74) is 9.57. The fourth-order valence-corrected chi connectivity index (χ4v) is 1.58. The van der Waals surface area contributed by atoms with Gasteiger partial charge in [0.15, 0.2) is 0 Å². The maximum Gasteiger partial charge on any atom is 0.324 e. The maximum absolute atomic E-state index is 11.3. The second-order valence-electron chi connectivity index (χ2n) is 2.95. The molecule has 0 aliphatic heterocycles. The number of aryl methyl sites for hydroxylation is 1. The molecular weight excluding hydrogens is 216 g/mol. The summed E-state index contributed by atoms with van der Waals surface area (Å²) >= 11 is 0. The van der Waals surface area contributed by atoms with E-state index in [0.29, 0.717) is 5.69 Å². The third kappa shape index (κ3) is 2.61. The Kier molecular flexibility index (Phi) is 3.18. The first-order valence-corrected chi connectivity index (χ1v) is 5.49. The Labute approximate surface area is 88.0 Å². The lowest BCUT2D eigenvalue weighted by molar-refractivity contribution is 0.595. The van der Waals surface area contributed by atoms with Crippen molar-refractivity contribution in [2.45, 2.75) is 6.92 Å². The van der Waals surface area contributed by atoms with Gasteiger partial charge in [0, 0.05) is 12.0 Å². The fraction of sp³-hybridized carbons (Fsp3) is 0.250. The van der Waals surface area contributed by atoms with Crippen LogP contribution in [-0.4, -0.2) is 15.5 Å². The molecule has 0 fully saturated rings. The van der Waals surface area contributed by atoms with Crippen molar-refractivity contribution in [1.29, 1.82) is 0 Å². The minimum absolute atomic E-state index is 0.452. The van der Waals surface area contributed by atoms with Gasteiger partial charge in [0.25, 0.3) is 0 Å². The van der Waals surface area contributed by atoms with Crippen LogP contribution >= 0.6 is 0 Å². The van der Waals surface area contributed by atoms with Gasteiger partial charge in [-0.15, -0.1) is 0 Å². The molecule has 0 bridgehead atoms. The predicted molar refractivity (Wildman–Crippen MR) is 57.6 cm³/mol. The van der Waals surface area contributed by atoms with Gasteiger partial charge >= 0.3 is 10.2 Å². The third-order valence-electron chi connectivity index (χ3n) is 1.88. The first-order valence-electron chi connectivity index (χ1n) is 4.09.